The second kappa shape index (κ2) is 11.3. The highest BCUT2D eigenvalue weighted by molar-refractivity contribution is 5.63. The van der Waals surface area contributed by atoms with Gasteiger partial charge < -0.3 is 26.2 Å². The Kier molecular flexibility index (Phi) is 9.03. The third-order valence-corrected chi connectivity index (χ3v) is 6.12. The highest BCUT2D eigenvalue weighted by Crippen LogP contribution is 2.47. The Bertz CT molecular complexity index is 745. The summed E-state index contributed by atoms with van der Waals surface area (Å²) in [4.78, 5) is 29.7. The standard InChI is InChI=1S/C18H29N5.2C2H4O2/c1-13-12-23(10-9-20-13)16-14-5-8-18(6-3-2-4-7-18)11-15(14)21-17(19)22-16;2*1-2(3)4/h13,20H,2-12H2,1H3,(H2,19,21,22);2*1H3,(H,3,4)/t13-;;/m0../s1. The molecule has 0 radical (unpaired) electrons. The fraction of sp³-hybridized carbons (Fsp3) is 0.727. The van der Waals surface area contributed by atoms with E-state index in [9.17, 15) is 0 Å². The summed E-state index contributed by atoms with van der Waals surface area (Å²) in [7, 11) is 0. The number of carboxylic acids is 2. The van der Waals surface area contributed by atoms with Gasteiger partial charge in [-0.25, -0.2) is 4.98 Å². The summed E-state index contributed by atoms with van der Waals surface area (Å²) in [5, 5.41) is 18.3. The summed E-state index contributed by atoms with van der Waals surface area (Å²) < 4.78 is 0. The number of carboxylic acid groups (broad SMARTS) is 2. The second-order valence-electron chi connectivity index (χ2n) is 8.91. The molecule has 1 saturated heterocycles. The number of anilines is 2. The molecule has 1 spiro atoms. The smallest absolute Gasteiger partial charge is 0.300 e. The molecule has 0 amide bonds. The third kappa shape index (κ3) is 7.65. The molecule has 9 heteroatoms. The molecule has 0 unspecified atom stereocenters. The average molecular weight is 436 g/mol. The van der Waals surface area contributed by atoms with Gasteiger partial charge in [-0.15, -0.1) is 0 Å². The number of hydrogen-bond donors (Lipinski definition) is 4. The maximum atomic E-state index is 9.00. The lowest BCUT2D eigenvalue weighted by atomic mass is 9.65. The highest BCUT2D eigenvalue weighted by atomic mass is 16.4. The molecule has 0 aromatic carbocycles. The fourth-order valence-electron chi connectivity index (χ4n) is 4.89. The predicted octanol–water partition coefficient (Wildman–Crippen LogP) is 2.48. The maximum absolute atomic E-state index is 9.00. The summed E-state index contributed by atoms with van der Waals surface area (Å²) in [6, 6.07) is 0.504. The molecule has 1 atom stereocenters. The van der Waals surface area contributed by atoms with Gasteiger partial charge in [0.1, 0.15) is 5.82 Å². The number of rotatable bonds is 1. The number of fused-ring (bicyclic) bond motifs is 1. The Hall–Kier alpha value is -2.42. The lowest BCUT2D eigenvalue weighted by Crippen LogP contribution is -2.50. The SMILES string of the molecule is CC(=O)O.CC(=O)O.C[C@H]1CN(c2nc(N)nc3c2CCC2(CCCCC2)C3)CCN1. The van der Waals surface area contributed by atoms with Crippen molar-refractivity contribution in [2.75, 3.05) is 30.3 Å². The number of carbonyl (C=O) groups is 2. The number of aliphatic carboxylic acids is 2. The minimum Gasteiger partial charge on any atom is -0.481 e. The molecule has 9 nitrogen and oxygen atoms in total. The summed E-state index contributed by atoms with van der Waals surface area (Å²) in [5.74, 6) is -0.0932. The van der Waals surface area contributed by atoms with E-state index in [0.717, 1.165) is 52.1 Å². The zero-order chi connectivity index (χ0) is 23.0. The van der Waals surface area contributed by atoms with Gasteiger partial charge in [0.2, 0.25) is 5.95 Å². The van der Waals surface area contributed by atoms with Crippen LogP contribution < -0.4 is 16.0 Å². The Morgan fingerprint density at radius 1 is 1.10 bits per heavy atom. The van der Waals surface area contributed by atoms with Gasteiger partial charge in [0.25, 0.3) is 11.9 Å². The van der Waals surface area contributed by atoms with Crippen LogP contribution in [0.15, 0.2) is 0 Å². The maximum Gasteiger partial charge on any atom is 0.300 e. The van der Waals surface area contributed by atoms with Crippen LogP contribution in [0.25, 0.3) is 0 Å². The molecular formula is C22H37N5O4. The first-order valence-electron chi connectivity index (χ1n) is 11.1. The molecule has 31 heavy (non-hydrogen) atoms. The van der Waals surface area contributed by atoms with E-state index in [4.69, 9.17) is 25.5 Å². The Morgan fingerprint density at radius 2 is 1.71 bits per heavy atom. The first kappa shape index (κ1) is 24.8. The third-order valence-electron chi connectivity index (χ3n) is 6.12. The summed E-state index contributed by atoms with van der Waals surface area (Å²) >= 11 is 0. The molecule has 2 heterocycles. The topological polar surface area (TPSA) is 142 Å². The van der Waals surface area contributed by atoms with Crippen LogP contribution in [0.3, 0.4) is 0 Å². The van der Waals surface area contributed by atoms with Crippen molar-refractivity contribution >= 4 is 23.7 Å². The molecule has 174 valence electrons. The quantitative estimate of drug-likeness (QED) is 0.523. The molecular weight excluding hydrogens is 398 g/mol. The van der Waals surface area contributed by atoms with Crippen LogP contribution in [0.2, 0.25) is 0 Å². The van der Waals surface area contributed by atoms with Gasteiger partial charge in [-0.05, 0) is 44.4 Å². The van der Waals surface area contributed by atoms with Crippen LogP contribution in [0, 0.1) is 5.41 Å². The van der Waals surface area contributed by atoms with Crippen LogP contribution in [-0.4, -0.2) is 57.8 Å². The Morgan fingerprint density at radius 3 is 2.29 bits per heavy atom. The molecule has 1 aromatic heterocycles. The van der Waals surface area contributed by atoms with Gasteiger partial charge in [-0.2, -0.15) is 4.98 Å². The molecule has 5 N–H and O–H groups in total. The zero-order valence-corrected chi connectivity index (χ0v) is 19.0. The van der Waals surface area contributed by atoms with E-state index in [1.54, 1.807) is 0 Å². The van der Waals surface area contributed by atoms with Crippen molar-refractivity contribution in [1.29, 1.82) is 0 Å². The van der Waals surface area contributed by atoms with Gasteiger partial charge in [-0.1, -0.05) is 19.3 Å². The molecule has 3 aliphatic rings. The second-order valence-corrected chi connectivity index (χ2v) is 8.91. The van der Waals surface area contributed by atoms with E-state index >= 15 is 0 Å². The summed E-state index contributed by atoms with van der Waals surface area (Å²) in [6.07, 6.45) is 10.5. The summed E-state index contributed by atoms with van der Waals surface area (Å²) in [6.45, 7) is 7.44. The van der Waals surface area contributed by atoms with Crippen LogP contribution in [0.4, 0.5) is 11.8 Å². The minimum absolute atomic E-state index is 0.456. The van der Waals surface area contributed by atoms with E-state index < -0.39 is 11.9 Å². The van der Waals surface area contributed by atoms with Crippen LogP contribution >= 0.6 is 0 Å². The van der Waals surface area contributed by atoms with E-state index in [-0.39, 0.29) is 0 Å². The number of aromatic nitrogens is 2. The largest absolute Gasteiger partial charge is 0.481 e. The van der Waals surface area contributed by atoms with Gasteiger partial charge in [0, 0.05) is 45.1 Å². The molecule has 1 aliphatic heterocycles. The van der Waals surface area contributed by atoms with Crippen molar-refractivity contribution < 1.29 is 19.8 Å². The Labute approximate surface area is 184 Å². The monoisotopic (exact) mass is 435 g/mol. The van der Waals surface area contributed by atoms with E-state index in [0.29, 0.717) is 17.4 Å². The molecule has 1 saturated carbocycles. The van der Waals surface area contributed by atoms with Gasteiger partial charge >= 0.3 is 0 Å². The summed E-state index contributed by atoms with van der Waals surface area (Å²) in [5.41, 5.74) is 9.20. The number of piperazine rings is 1. The van der Waals surface area contributed by atoms with E-state index in [2.05, 4.69) is 27.1 Å². The molecule has 4 rings (SSSR count). The minimum atomic E-state index is -0.833. The van der Waals surface area contributed by atoms with E-state index in [1.807, 2.05) is 0 Å². The molecule has 2 fully saturated rings. The van der Waals surface area contributed by atoms with Crippen molar-refractivity contribution in [1.82, 2.24) is 15.3 Å². The molecule has 1 aromatic rings. The van der Waals surface area contributed by atoms with Crippen molar-refractivity contribution in [2.24, 2.45) is 5.41 Å². The normalized spacial score (nSPS) is 21.6. The number of nitrogen functional groups attached to an aromatic ring is 1. The van der Waals surface area contributed by atoms with Crippen molar-refractivity contribution in [3.63, 3.8) is 0 Å². The number of nitrogens with one attached hydrogen (secondary N) is 1. The van der Waals surface area contributed by atoms with Crippen molar-refractivity contribution in [2.45, 2.75) is 78.2 Å². The van der Waals surface area contributed by atoms with Gasteiger partial charge in [-0.3, -0.25) is 9.59 Å². The van der Waals surface area contributed by atoms with Crippen LogP contribution in [-0.2, 0) is 22.4 Å². The van der Waals surface area contributed by atoms with E-state index in [1.165, 1.54) is 49.8 Å². The number of hydrogen-bond acceptors (Lipinski definition) is 7. The van der Waals surface area contributed by atoms with Gasteiger partial charge in [0.05, 0.1) is 5.69 Å². The average Bonchev–Trinajstić information content (AvgIpc) is 2.67. The number of nitrogens with two attached hydrogens (primary N) is 1. The molecule has 0 bridgehead atoms. The predicted molar refractivity (Wildman–Crippen MR) is 120 cm³/mol. The van der Waals surface area contributed by atoms with Crippen LogP contribution in [0.5, 0.6) is 0 Å². The highest BCUT2D eigenvalue weighted by Gasteiger charge is 2.38. The first-order valence-corrected chi connectivity index (χ1v) is 11.1. The fourth-order valence-corrected chi connectivity index (χ4v) is 4.89. The lowest BCUT2D eigenvalue weighted by Gasteiger charge is -2.42. The Balaban J connectivity index is 0.000000370. The zero-order valence-electron chi connectivity index (χ0n) is 19.0. The molecule has 2 aliphatic carbocycles. The van der Waals surface area contributed by atoms with Crippen molar-refractivity contribution in [3.8, 4) is 0 Å². The van der Waals surface area contributed by atoms with Crippen molar-refractivity contribution in [3.05, 3.63) is 11.3 Å². The first-order chi connectivity index (χ1) is 14.6. The van der Waals surface area contributed by atoms with Gasteiger partial charge in [0.15, 0.2) is 0 Å². The lowest BCUT2D eigenvalue weighted by molar-refractivity contribution is -0.135. The number of nitrogens with zero attached hydrogens (tertiary/aromatic N) is 3. The van der Waals surface area contributed by atoms with Crippen LogP contribution in [0.1, 0.15) is 70.6 Å².